The summed E-state index contributed by atoms with van der Waals surface area (Å²) < 4.78 is 9.74. The number of aromatic amines is 1. The minimum absolute atomic E-state index is 0.0637. The van der Waals surface area contributed by atoms with E-state index in [1.165, 1.54) is 13.2 Å². The molecule has 0 aliphatic rings. The Hall–Kier alpha value is -2.44. The van der Waals surface area contributed by atoms with Crippen molar-refractivity contribution in [1.29, 1.82) is 0 Å². The molecule has 0 aliphatic heterocycles. The first-order chi connectivity index (χ1) is 9.06. The first-order valence-corrected chi connectivity index (χ1v) is 5.69. The molecule has 1 N–H and O–H groups in total. The first kappa shape index (κ1) is 13.0. The molecule has 0 amide bonds. The predicted octanol–water partition coefficient (Wildman–Crippen LogP) is 0.812. The number of hydrogen-bond donors (Lipinski definition) is 1. The van der Waals surface area contributed by atoms with Gasteiger partial charge in [-0.05, 0) is 19.9 Å². The molecule has 0 aliphatic carbocycles. The second-order valence-corrected chi connectivity index (χ2v) is 3.79. The molecule has 7 nitrogen and oxygen atoms in total. The van der Waals surface area contributed by atoms with Gasteiger partial charge in [-0.25, -0.2) is 4.79 Å². The Labute approximate surface area is 108 Å². The van der Waals surface area contributed by atoms with Crippen molar-refractivity contribution in [3.8, 4) is 6.01 Å². The van der Waals surface area contributed by atoms with E-state index in [9.17, 15) is 9.59 Å². The third-order valence-corrected chi connectivity index (χ3v) is 2.56. The highest BCUT2D eigenvalue weighted by molar-refractivity contribution is 5.93. The summed E-state index contributed by atoms with van der Waals surface area (Å²) in [6.07, 6.45) is 0. The zero-order valence-electron chi connectivity index (χ0n) is 10.8. The fraction of sp³-hybridized carbons (Fsp3) is 0.333. The maximum Gasteiger partial charge on any atom is 0.343 e. The van der Waals surface area contributed by atoms with Crippen LogP contribution in [0.1, 0.15) is 23.0 Å². The normalized spacial score (nSPS) is 10.5. The lowest BCUT2D eigenvalue weighted by atomic mass is 10.2. The van der Waals surface area contributed by atoms with Gasteiger partial charge in [0.15, 0.2) is 0 Å². The summed E-state index contributed by atoms with van der Waals surface area (Å²) in [5.41, 5.74) is 0.309. The molecule has 2 rings (SSSR count). The van der Waals surface area contributed by atoms with Crippen LogP contribution >= 0.6 is 0 Å². The lowest BCUT2D eigenvalue weighted by Gasteiger charge is -2.06. The van der Waals surface area contributed by atoms with E-state index >= 15 is 0 Å². The zero-order valence-corrected chi connectivity index (χ0v) is 10.8. The highest BCUT2D eigenvalue weighted by Gasteiger charge is 2.15. The van der Waals surface area contributed by atoms with Crippen LogP contribution in [0.4, 0.5) is 0 Å². The molecule has 2 aromatic rings. The van der Waals surface area contributed by atoms with Gasteiger partial charge in [-0.1, -0.05) is 0 Å². The van der Waals surface area contributed by atoms with E-state index in [0.29, 0.717) is 16.7 Å². The second-order valence-electron chi connectivity index (χ2n) is 3.79. The van der Waals surface area contributed by atoms with E-state index in [-0.39, 0.29) is 18.2 Å². The molecule has 0 saturated carbocycles. The monoisotopic (exact) mass is 263 g/mol. The molecule has 100 valence electrons. The van der Waals surface area contributed by atoms with Crippen LogP contribution < -0.4 is 10.3 Å². The molecule has 0 atom stereocenters. The van der Waals surface area contributed by atoms with E-state index in [4.69, 9.17) is 9.47 Å². The number of nitrogens with zero attached hydrogens (tertiary/aromatic N) is 2. The molecule has 0 radical (unpaired) electrons. The van der Waals surface area contributed by atoms with Crippen LogP contribution in [-0.2, 0) is 4.74 Å². The van der Waals surface area contributed by atoms with Gasteiger partial charge in [-0.2, -0.15) is 9.97 Å². The minimum atomic E-state index is -0.666. The van der Waals surface area contributed by atoms with E-state index in [1.807, 2.05) is 0 Å². The Bertz CT molecular complexity index is 693. The second kappa shape index (κ2) is 5.05. The van der Waals surface area contributed by atoms with Crippen LogP contribution in [0.5, 0.6) is 6.01 Å². The quantitative estimate of drug-likeness (QED) is 0.823. The number of pyridine rings is 1. The summed E-state index contributed by atoms with van der Waals surface area (Å²) in [5, 5.41) is 0.573. The molecule has 19 heavy (non-hydrogen) atoms. The Balaban J connectivity index is 2.66. The number of methoxy groups -OCH3 is 1. The van der Waals surface area contributed by atoms with Crippen LogP contribution in [0.2, 0.25) is 0 Å². The van der Waals surface area contributed by atoms with Gasteiger partial charge in [0.1, 0.15) is 11.2 Å². The van der Waals surface area contributed by atoms with Gasteiger partial charge in [-0.15, -0.1) is 0 Å². The third kappa shape index (κ3) is 2.40. The van der Waals surface area contributed by atoms with E-state index in [2.05, 4.69) is 15.0 Å². The molecule has 2 heterocycles. The largest absolute Gasteiger partial charge is 0.467 e. The number of esters is 1. The molecule has 2 aromatic heterocycles. The van der Waals surface area contributed by atoms with E-state index < -0.39 is 11.5 Å². The summed E-state index contributed by atoms with van der Waals surface area (Å²) in [5.74, 6) is -0.666. The molecule has 0 unspecified atom stereocenters. The highest BCUT2D eigenvalue weighted by Crippen LogP contribution is 2.16. The molecule has 0 bridgehead atoms. The van der Waals surface area contributed by atoms with Gasteiger partial charge >= 0.3 is 12.0 Å². The van der Waals surface area contributed by atoms with Crippen molar-refractivity contribution in [3.05, 3.63) is 27.7 Å². The van der Waals surface area contributed by atoms with Crippen molar-refractivity contribution in [2.45, 2.75) is 13.8 Å². The number of carbonyl (C=O) groups is 1. The van der Waals surface area contributed by atoms with Crippen molar-refractivity contribution in [2.75, 3.05) is 13.7 Å². The Kier molecular flexibility index (Phi) is 3.46. The number of carbonyl (C=O) groups excluding carboxylic acids is 1. The van der Waals surface area contributed by atoms with Gasteiger partial charge in [0.25, 0.3) is 5.56 Å². The highest BCUT2D eigenvalue weighted by atomic mass is 16.5. The Morgan fingerprint density at radius 3 is 2.79 bits per heavy atom. The van der Waals surface area contributed by atoms with Crippen molar-refractivity contribution in [2.24, 2.45) is 0 Å². The van der Waals surface area contributed by atoms with Crippen LogP contribution in [0.25, 0.3) is 11.0 Å². The summed E-state index contributed by atoms with van der Waals surface area (Å²) in [6.45, 7) is 3.61. The zero-order chi connectivity index (χ0) is 14.0. The van der Waals surface area contributed by atoms with E-state index in [1.54, 1.807) is 13.8 Å². The number of aromatic nitrogens is 3. The lowest BCUT2D eigenvalue weighted by Crippen LogP contribution is -2.20. The van der Waals surface area contributed by atoms with Crippen molar-refractivity contribution in [1.82, 2.24) is 15.0 Å². The van der Waals surface area contributed by atoms with Crippen LogP contribution in [0.15, 0.2) is 10.9 Å². The van der Waals surface area contributed by atoms with Gasteiger partial charge < -0.3 is 14.5 Å². The molecule has 0 aromatic carbocycles. The average Bonchev–Trinajstić information content (AvgIpc) is 2.37. The Morgan fingerprint density at radius 1 is 1.42 bits per heavy atom. The predicted molar refractivity (Wildman–Crippen MR) is 67.4 cm³/mol. The maximum atomic E-state index is 11.8. The van der Waals surface area contributed by atoms with E-state index in [0.717, 1.165) is 0 Å². The first-order valence-electron chi connectivity index (χ1n) is 5.69. The van der Waals surface area contributed by atoms with Gasteiger partial charge in [0, 0.05) is 5.39 Å². The maximum absolute atomic E-state index is 11.8. The Morgan fingerprint density at radius 2 is 2.16 bits per heavy atom. The van der Waals surface area contributed by atoms with Crippen molar-refractivity contribution < 1.29 is 14.3 Å². The molecular formula is C12H13N3O4. The van der Waals surface area contributed by atoms with Crippen LogP contribution in [0, 0.1) is 6.92 Å². The molecule has 0 saturated heterocycles. The number of ether oxygens (including phenoxy) is 2. The smallest absolute Gasteiger partial charge is 0.343 e. The summed E-state index contributed by atoms with van der Waals surface area (Å²) in [4.78, 5) is 34.1. The van der Waals surface area contributed by atoms with Crippen molar-refractivity contribution >= 4 is 17.0 Å². The molecule has 0 spiro atoms. The van der Waals surface area contributed by atoms with Gasteiger partial charge in [0.2, 0.25) is 0 Å². The van der Waals surface area contributed by atoms with Crippen LogP contribution in [-0.4, -0.2) is 34.6 Å². The van der Waals surface area contributed by atoms with Gasteiger partial charge in [0.05, 0.1) is 19.4 Å². The third-order valence-electron chi connectivity index (χ3n) is 2.56. The SMILES string of the molecule is CCOC(=O)c1cc2c(C)nc(OC)nc2[nH]c1=O. The topological polar surface area (TPSA) is 94.2 Å². The number of nitrogens with one attached hydrogen (secondary N) is 1. The molecule has 0 fully saturated rings. The fourth-order valence-corrected chi connectivity index (χ4v) is 1.66. The summed E-state index contributed by atoms with van der Waals surface area (Å²) >= 11 is 0. The summed E-state index contributed by atoms with van der Waals surface area (Å²) in [6, 6.07) is 1.59. The van der Waals surface area contributed by atoms with Crippen molar-refractivity contribution in [3.63, 3.8) is 0 Å². The molecular weight excluding hydrogens is 250 g/mol. The van der Waals surface area contributed by atoms with Crippen LogP contribution in [0.3, 0.4) is 0 Å². The number of rotatable bonds is 3. The standard InChI is InChI=1S/C12H13N3O4/c1-4-19-11(17)8-5-7-6(2)13-12(18-3)15-9(7)14-10(8)16/h5H,4H2,1-3H3,(H,13,14,15,16). The number of hydrogen-bond acceptors (Lipinski definition) is 6. The molecule has 7 heteroatoms. The number of fused-ring (bicyclic) bond motifs is 1. The summed E-state index contributed by atoms with van der Waals surface area (Å²) in [7, 11) is 1.44. The minimum Gasteiger partial charge on any atom is -0.467 e. The lowest BCUT2D eigenvalue weighted by molar-refractivity contribution is 0.0524. The fourth-order valence-electron chi connectivity index (χ4n) is 1.66. The number of H-pyrrole nitrogens is 1. The average molecular weight is 263 g/mol. The number of aryl methyl sites for hydroxylation is 1. The van der Waals surface area contributed by atoms with Gasteiger partial charge in [-0.3, -0.25) is 4.79 Å².